The Bertz CT molecular complexity index is 1110. The van der Waals surface area contributed by atoms with Gasteiger partial charge in [-0.3, -0.25) is 4.79 Å². The average Bonchev–Trinajstić information content (AvgIpc) is 2.83. The number of benzene rings is 3. The summed E-state index contributed by atoms with van der Waals surface area (Å²) in [7, 11) is 3.03. The molecule has 7 nitrogen and oxygen atoms in total. The largest absolute Gasteiger partial charge is 0.507 e. The number of fused-ring (bicyclic) bond motifs is 1. The molecule has 3 aromatic carbocycles. The molecule has 4 rings (SSSR count). The van der Waals surface area contributed by atoms with Crippen molar-refractivity contribution in [3.63, 3.8) is 0 Å². The van der Waals surface area contributed by atoms with Crippen LogP contribution in [-0.2, 0) is 13.1 Å². The second-order valence-electron chi connectivity index (χ2n) is 7.48. The van der Waals surface area contributed by atoms with Crippen molar-refractivity contribution < 1.29 is 29.2 Å². The maximum Gasteiger partial charge on any atom is 0.199 e. The quantitative estimate of drug-likeness (QED) is 0.523. The van der Waals surface area contributed by atoms with Gasteiger partial charge in [0.2, 0.25) is 0 Å². The lowest BCUT2D eigenvalue weighted by Crippen LogP contribution is -2.37. The summed E-state index contributed by atoms with van der Waals surface area (Å²) in [6.45, 7) is 0.857. The van der Waals surface area contributed by atoms with Crippen molar-refractivity contribution in [3.05, 3.63) is 82.9 Å². The van der Waals surface area contributed by atoms with Gasteiger partial charge in [-0.25, -0.2) is 0 Å². The molecule has 0 aromatic heterocycles. The van der Waals surface area contributed by atoms with E-state index in [9.17, 15) is 15.0 Å². The zero-order chi connectivity index (χ0) is 22.7. The lowest BCUT2D eigenvalue weighted by Gasteiger charge is -2.32. The zero-order valence-corrected chi connectivity index (χ0v) is 17.9. The Balaban J connectivity index is 1.66. The molecule has 2 unspecified atom stereocenters. The van der Waals surface area contributed by atoms with Crippen LogP contribution in [0.5, 0.6) is 23.0 Å². The van der Waals surface area contributed by atoms with E-state index >= 15 is 0 Å². The number of hydrogen-bond acceptors (Lipinski definition) is 7. The fourth-order valence-electron chi connectivity index (χ4n) is 3.82. The first-order chi connectivity index (χ1) is 15.5. The highest BCUT2D eigenvalue weighted by Crippen LogP contribution is 2.43. The van der Waals surface area contributed by atoms with Crippen molar-refractivity contribution in [2.45, 2.75) is 25.3 Å². The van der Waals surface area contributed by atoms with Crippen LogP contribution in [0, 0.1) is 0 Å². The summed E-state index contributed by atoms with van der Waals surface area (Å²) in [4.78, 5) is 13.0. The third-order valence-corrected chi connectivity index (χ3v) is 5.52. The van der Waals surface area contributed by atoms with Gasteiger partial charge in [-0.1, -0.05) is 30.3 Å². The van der Waals surface area contributed by atoms with E-state index in [0.29, 0.717) is 29.2 Å². The smallest absolute Gasteiger partial charge is 0.199 e. The summed E-state index contributed by atoms with van der Waals surface area (Å²) in [5.41, 5.74) is 2.28. The minimum Gasteiger partial charge on any atom is -0.507 e. The number of ether oxygens (including phenoxy) is 3. The van der Waals surface area contributed by atoms with E-state index in [1.165, 1.54) is 26.4 Å². The van der Waals surface area contributed by atoms with Crippen LogP contribution in [0.1, 0.15) is 33.2 Å². The van der Waals surface area contributed by atoms with E-state index in [4.69, 9.17) is 14.2 Å². The molecule has 166 valence electrons. The molecule has 0 fully saturated rings. The molecule has 0 spiro atoms. The molecule has 2 atom stereocenters. The van der Waals surface area contributed by atoms with Gasteiger partial charge in [0.1, 0.15) is 23.0 Å². The van der Waals surface area contributed by atoms with E-state index in [1.807, 2.05) is 30.3 Å². The highest BCUT2D eigenvalue weighted by Gasteiger charge is 2.40. The number of aromatic hydroxyl groups is 1. The molecular weight excluding hydrogens is 410 g/mol. The third kappa shape index (κ3) is 4.12. The SMILES string of the molecule is COc1ccc(C2Oc3c(ccc(O)c3CNCc3ccccc3)C(=O)C2O)c(OC)c1. The van der Waals surface area contributed by atoms with E-state index in [2.05, 4.69) is 5.32 Å². The van der Waals surface area contributed by atoms with Crippen LogP contribution in [0.2, 0.25) is 0 Å². The molecule has 3 aromatic rings. The fourth-order valence-corrected chi connectivity index (χ4v) is 3.82. The number of aliphatic hydroxyl groups is 1. The molecule has 1 heterocycles. The summed E-state index contributed by atoms with van der Waals surface area (Å²) in [6.07, 6.45) is -2.41. The van der Waals surface area contributed by atoms with Crippen LogP contribution in [0.25, 0.3) is 0 Å². The number of rotatable bonds is 7. The lowest BCUT2D eigenvalue weighted by molar-refractivity contribution is 0.0202. The molecule has 1 aliphatic rings. The van der Waals surface area contributed by atoms with Gasteiger partial charge in [0, 0.05) is 24.7 Å². The Morgan fingerprint density at radius 1 is 1.00 bits per heavy atom. The second kappa shape index (κ2) is 9.30. The zero-order valence-electron chi connectivity index (χ0n) is 17.9. The Hall–Kier alpha value is -3.55. The molecule has 32 heavy (non-hydrogen) atoms. The van der Waals surface area contributed by atoms with E-state index < -0.39 is 18.0 Å². The molecule has 3 N–H and O–H groups in total. The molecule has 0 saturated heterocycles. The van der Waals surface area contributed by atoms with Crippen LogP contribution in [0.15, 0.2) is 60.7 Å². The van der Waals surface area contributed by atoms with Crippen LogP contribution in [0.3, 0.4) is 0 Å². The molecular formula is C25H25NO6. The normalized spacial score (nSPS) is 17.4. The van der Waals surface area contributed by atoms with Gasteiger partial charge < -0.3 is 29.7 Å². The monoisotopic (exact) mass is 435 g/mol. The number of phenols is 1. The maximum atomic E-state index is 13.0. The van der Waals surface area contributed by atoms with Crippen molar-refractivity contribution >= 4 is 5.78 Å². The number of Topliss-reactive ketones (excluding diaryl/α,β-unsaturated/α-hetero) is 1. The first-order valence-corrected chi connectivity index (χ1v) is 10.2. The molecule has 0 radical (unpaired) electrons. The number of hydrogen-bond donors (Lipinski definition) is 3. The summed E-state index contributed by atoms with van der Waals surface area (Å²) in [6, 6.07) is 17.8. The third-order valence-electron chi connectivity index (χ3n) is 5.52. The van der Waals surface area contributed by atoms with E-state index in [1.54, 1.807) is 18.2 Å². The highest BCUT2D eigenvalue weighted by atomic mass is 16.5. The predicted octanol–water partition coefficient (Wildman–Crippen LogP) is 3.38. The van der Waals surface area contributed by atoms with Crippen molar-refractivity contribution in [1.29, 1.82) is 0 Å². The molecule has 0 amide bonds. The molecule has 7 heteroatoms. The molecule has 1 aliphatic heterocycles. The Labute approximate surface area is 186 Å². The van der Waals surface area contributed by atoms with E-state index in [0.717, 1.165) is 5.56 Å². The van der Waals surface area contributed by atoms with E-state index in [-0.39, 0.29) is 23.6 Å². The van der Waals surface area contributed by atoms with Gasteiger partial charge in [0.15, 0.2) is 18.0 Å². The van der Waals surface area contributed by atoms with Gasteiger partial charge in [-0.15, -0.1) is 0 Å². The standard InChI is InChI=1S/C25H25NO6/c1-30-16-8-9-17(21(12-16)31-2)25-23(29)22(28)18-10-11-20(27)19(24(18)32-25)14-26-13-15-6-4-3-5-7-15/h3-12,23,25-27,29H,13-14H2,1-2H3. The summed E-state index contributed by atoms with van der Waals surface area (Å²) in [5, 5.41) is 24.5. The summed E-state index contributed by atoms with van der Waals surface area (Å²) in [5.74, 6) is 0.788. The van der Waals surface area contributed by atoms with Crippen molar-refractivity contribution in [2.24, 2.45) is 0 Å². The number of aliphatic hydroxyl groups excluding tert-OH is 1. The van der Waals surface area contributed by atoms with Gasteiger partial charge in [-0.2, -0.15) is 0 Å². The highest BCUT2D eigenvalue weighted by molar-refractivity contribution is 6.03. The Morgan fingerprint density at radius 3 is 2.50 bits per heavy atom. The number of ketones is 1. The lowest BCUT2D eigenvalue weighted by atomic mass is 9.91. The van der Waals surface area contributed by atoms with Gasteiger partial charge >= 0.3 is 0 Å². The summed E-state index contributed by atoms with van der Waals surface area (Å²) >= 11 is 0. The van der Waals surface area contributed by atoms with Gasteiger partial charge in [0.05, 0.1) is 25.3 Å². The van der Waals surface area contributed by atoms with Crippen molar-refractivity contribution in [3.8, 4) is 23.0 Å². The van der Waals surface area contributed by atoms with Crippen LogP contribution < -0.4 is 19.5 Å². The second-order valence-corrected chi connectivity index (χ2v) is 7.48. The van der Waals surface area contributed by atoms with Gasteiger partial charge in [-0.05, 0) is 29.8 Å². The van der Waals surface area contributed by atoms with Crippen LogP contribution in [-0.4, -0.2) is 36.3 Å². The molecule has 0 aliphatic carbocycles. The summed E-state index contributed by atoms with van der Waals surface area (Å²) < 4.78 is 16.8. The Kier molecular flexibility index (Phi) is 6.30. The number of nitrogens with one attached hydrogen (secondary N) is 1. The molecule has 0 saturated carbocycles. The minimum atomic E-state index is -1.42. The molecule has 0 bridgehead atoms. The predicted molar refractivity (Wildman–Crippen MR) is 118 cm³/mol. The average molecular weight is 435 g/mol. The topological polar surface area (TPSA) is 97.2 Å². The minimum absolute atomic E-state index is 0.00828. The maximum absolute atomic E-state index is 13.0. The van der Waals surface area contributed by atoms with Gasteiger partial charge in [0.25, 0.3) is 0 Å². The van der Waals surface area contributed by atoms with Crippen molar-refractivity contribution in [1.82, 2.24) is 5.32 Å². The Morgan fingerprint density at radius 2 is 1.78 bits per heavy atom. The van der Waals surface area contributed by atoms with Crippen LogP contribution in [0.4, 0.5) is 0 Å². The number of carbonyl (C=O) groups excluding carboxylic acids is 1. The fraction of sp³-hybridized carbons (Fsp3) is 0.240. The number of methoxy groups -OCH3 is 2. The van der Waals surface area contributed by atoms with Crippen LogP contribution >= 0.6 is 0 Å². The first kappa shape index (κ1) is 21.7. The van der Waals surface area contributed by atoms with Crippen molar-refractivity contribution in [2.75, 3.05) is 14.2 Å². The first-order valence-electron chi connectivity index (χ1n) is 10.2. The number of carbonyl (C=O) groups is 1. The number of phenolic OH excluding ortho intramolecular Hbond substituents is 1.